The molecule has 1 aromatic carbocycles. The third kappa shape index (κ3) is 2.22. The van der Waals surface area contributed by atoms with Crippen molar-refractivity contribution in [3.05, 3.63) is 28.5 Å². The number of aryl methyl sites for hydroxylation is 3. The second kappa shape index (κ2) is 5.35. The highest BCUT2D eigenvalue weighted by molar-refractivity contribution is 6.32. The highest BCUT2D eigenvalue weighted by atomic mass is 35.5. The van der Waals surface area contributed by atoms with Crippen molar-refractivity contribution in [3.8, 4) is 0 Å². The van der Waals surface area contributed by atoms with E-state index < -0.39 is 0 Å². The third-order valence-corrected chi connectivity index (χ3v) is 2.94. The fraction of sp³-hybridized carbons (Fsp3) is 0.462. The van der Waals surface area contributed by atoms with Gasteiger partial charge in [0.2, 0.25) is 0 Å². The van der Waals surface area contributed by atoms with Crippen molar-refractivity contribution >= 4 is 22.6 Å². The Hall–Kier alpha value is -1.02. The van der Waals surface area contributed by atoms with Crippen molar-refractivity contribution < 1.29 is 0 Å². The van der Waals surface area contributed by atoms with E-state index >= 15 is 0 Å². The maximum absolute atomic E-state index is 6.08. The van der Waals surface area contributed by atoms with Gasteiger partial charge in [0, 0.05) is 11.6 Å². The number of benzene rings is 1. The highest BCUT2D eigenvalue weighted by Crippen LogP contribution is 2.23. The second-order valence-electron chi connectivity index (χ2n) is 3.49. The van der Waals surface area contributed by atoms with Gasteiger partial charge in [0.1, 0.15) is 5.82 Å². The van der Waals surface area contributed by atoms with Crippen molar-refractivity contribution in [2.75, 3.05) is 0 Å². The predicted octanol–water partition coefficient (Wildman–Crippen LogP) is 4.35. The van der Waals surface area contributed by atoms with E-state index in [0.29, 0.717) is 0 Å². The molecule has 1 heterocycles. The quantitative estimate of drug-likeness (QED) is 0.722. The Bertz CT molecular complexity index is 486. The lowest BCUT2D eigenvalue weighted by molar-refractivity contribution is 0.753. The van der Waals surface area contributed by atoms with Crippen LogP contribution in [0, 0.1) is 13.8 Å². The van der Waals surface area contributed by atoms with Crippen molar-refractivity contribution in [2.45, 2.75) is 41.2 Å². The first-order valence-corrected chi connectivity index (χ1v) is 6.14. The third-order valence-electron chi connectivity index (χ3n) is 2.54. The number of fused-ring (bicyclic) bond motifs is 1. The zero-order valence-corrected chi connectivity index (χ0v) is 11.4. The number of halogens is 1. The maximum Gasteiger partial charge on any atom is 0.106 e. The summed E-state index contributed by atoms with van der Waals surface area (Å²) in [6.45, 7) is 11.1. The Kier molecular flexibility index (Phi) is 4.36. The number of rotatable bonds is 1. The fourth-order valence-corrected chi connectivity index (χ4v) is 1.93. The summed E-state index contributed by atoms with van der Waals surface area (Å²) in [5, 5.41) is 0.812. The smallest absolute Gasteiger partial charge is 0.106 e. The molecular formula is C13H19ClN2. The second-order valence-corrected chi connectivity index (χ2v) is 3.90. The zero-order valence-electron chi connectivity index (χ0n) is 10.6. The van der Waals surface area contributed by atoms with Crippen LogP contribution in [0.5, 0.6) is 0 Å². The molecule has 0 aliphatic heterocycles. The zero-order chi connectivity index (χ0) is 12.3. The molecule has 16 heavy (non-hydrogen) atoms. The minimum absolute atomic E-state index is 0.812. The van der Waals surface area contributed by atoms with E-state index in [1.807, 2.05) is 39.8 Å². The van der Waals surface area contributed by atoms with Crippen LogP contribution in [0.3, 0.4) is 0 Å². The van der Waals surface area contributed by atoms with E-state index in [2.05, 4.69) is 16.5 Å². The largest absolute Gasteiger partial charge is 0.328 e. The molecule has 2 nitrogen and oxygen atoms in total. The maximum atomic E-state index is 6.08. The Morgan fingerprint density at radius 2 is 1.88 bits per heavy atom. The van der Waals surface area contributed by atoms with Crippen molar-refractivity contribution in [1.29, 1.82) is 0 Å². The topological polar surface area (TPSA) is 17.8 Å². The van der Waals surface area contributed by atoms with Gasteiger partial charge in [-0.3, -0.25) is 0 Å². The Balaban J connectivity index is 0.000000606. The van der Waals surface area contributed by atoms with Crippen LogP contribution in [0.2, 0.25) is 5.02 Å². The van der Waals surface area contributed by atoms with Crippen LogP contribution in [0.15, 0.2) is 12.1 Å². The van der Waals surface area contributed by atoms with Crippen LogP contribution < -0.4 is 0 Å². The first kappa shape index (κ1) is 13.0. The molecule has 0 aliphatic carbocycles. The molecule has 0 saturated carbocycles. The van der Waals surface area contributed by atoms with Gasteiger partial charge in [-0.15, -0.1) is 0 Å². The molecule has 0 amide bonds. The van der Waals surface area contributed by atoms with Crippen LogP contribution in [-0.2, 0) is 6.54 Å². The van der Waals surface area contributed by atoms with Crippen LogP contribution >= 0.6 is 11.6 Å². The summed E-state index contributed by atoms with van der Waals surface area (Å²) >= 11 is 6.08. The molecule has 0 atom stereocenters. The summed E-state index contributed by atoms with van der Waals surface area (Å²) in [5.41, 5.74) is 3.24. The van der Waals surface area contributed by atoms with Crippen molar-refractivity contribution in [1.82, 2.24) is 9.55 Å². The van der Waals surface area contributed by atoms with E-state index in [9.17, 15) is 0 Å². The van der Waals surface area contributed by atoms with Crippen molar-refractivity contribution in [2.24, 2.45) is 0 Å². The van der Waals surface area contributed by atoms with Gasteiger partial charge in [-0.25, -0.2) is 4.98 Å². The number of hydrogen-bond donors (Lipinski definition) is 0. The molecule has 0 bridgehead atoms. The van der Waals surface area contributed by atoms with Crippen LogP contribution in [0.25, 0.3) is 11.0 Å². The average molecular weight is 239 g/mol. The first-order valence-electron chi connectivity index (χ1n) is 5.76. The van der Waals surface area contributed by atoms with Crippen LogP contribution in [0.4, 0.5) is 0 Å². The van der Waals surface area contributed by atoms with E-state index in [1.165, 1.54) is 0 Å². The first-order chi connectivity index (χ1) is 7.63. The molecule has 1 aromatic heterocycles. The van der Waals surface area contributed by atoms with E-state index in [4.69, 9.17) is 11.6 Å². The van der Waals surface area contributed by atoms with Gasteiger partial charge < -0.3 is 4.57 Å². The van der Waals surface area contributed by atoms with Gasteiger partial charge >= 0.3 is 0 Å². The summed E-state index contributed by atoms with van der Waals surface area (Å²) in [7, 11) is 0. The molecule has 88 valence electrons. The minimum Gasteiger partial charge on any atom is -0.328 e. The average Bonchev–Trinajstić information content (AvgIpc) is 2.57. The lowest BCUT2D eigenvalue weighted by Gasteiger charge is -2.02. The van der Waals surface area contributed by atoms with Gasteiger partial charge in [0.25, 0.3) is 0 Å². The summed E-state index contributed by atoms with van der Waals surface area (Å²) in [5.74, 6) is 1.05. The lowest BCUT2D eigenvalue weighted by Crippen LogP contribution is -1.96. The van der Waals surface area contributed by atoms with Crippen LogP contribution in [-0.4, -0.2) is 9.55 Å². The molecule has 2 rings (SSSR count). The van der Waals surface area contributed by atoms with Gasteiger partial charge in [0.05, 0.1) is 11.0 Å². The van der Waals surface area contributed by atoms with Gasteiger partial charge in [-0.1, -0.05) is 25.4 Å². The number of aromatic nitrogens is 2. The Morgan fingerprint density at radius 3 is 2.44 bits per heavy atom. The standard InChI is InChI=1S/C11H13ClN2.C2H6/c1-4-14-8(3)13-10-5-7(2)9(12)6-11(10)14;1-2/h5-6H,4H2,1-3H3;1-2H3. The van der Waals surface area contributed by atoms with Gasteiger partial charge in [-0.05, 0) is 38.5 Å². The summed E-state index contributed by atoms with van der Waals surface area (Å²) < 4.78 is 2.17. The van der Waals surface area contributed by atoms with Crippen molar-refractivity contribution in [3.63, 3.8) is 0 Å². The summed E-state index contributed by atoms with van der Waals surface area (Å²) in [6.07, 6.45) is 0. The molecule has 0 N–H and O–H groups in total. The molecule has 0 spiro atoms. The minimum atomic E-state index is 0.812. The van der Waals surface area contributed by atoms with E-state index in [-0.39, 0.29) is 0 Å². The Labute approximate surface area is 102 Å². The van der Waals surface area contributed by atoms with Gasteiger partial charge in [-0.2, -0.15) is 0 Å². The van der Waals surface area contributed by atoms with E-state index in [1.54, 1.807) is 0 Å². The van der Waals surface area contributed by atoms with Crippen LogP contribution in [0.1, 0.15) is 32.2 Å². The molecular weight excluding hydrogens is 220 g/mol. The molecule has 0 unspecified atom stereocenters. The molecule has 0 radical (unpaired) electrons. The summed E-state index contributed by atoms with van der Waals surface area (Å²) in [6, 6.07) is 4.03. The number of imidazole rings is 1. The molecule has 2 aromatic rings. The van der Waals surface area contributed by atoms with Gasteiger partial charge in [0.15, 0.2) is 0 Å². The monoisotopic (exact) mass is 238 g/mol. The number of hydrogen-bond acceptors (Lipinski definition) is 1. The molecule has 0 fully saturated rings. The molecule has 3 heteroatoms. The summed E-state index contributed by atoms with van der Waals surface area (Å²) in [4.78, 5) is 4.49. The predicted molar refractivity (Wildman–Crippen MR) is 71.2 cm³/mol. The highest BCUT2D eigenvalue weighted by Gasteiger charge is 2.07. The SMILES string of the molecule is CC.CCn1c(C)nc2cc(C)c(Cl)cc21. The number of nitrogens with zero attached hydrogens (tertiary/aromatic N) is 2. The molecule has 0 aliphatic rings. The normalized spacial score (nSPS) is 10.1. The Morgan fingerprint density at radius 1 is 1.25 bits per heavy atom. The molecule has 0 saturated heterocycles. The van der Waals surface area contributed by atoms with E-state index in [0.717, 1.165) is 34.0 Å². The lowest BCUT2D eigenvalue weighted by atomic mass is 10.2. The fourth-order valence-electron chi connectivity index (χ4n) is 1.77.